The van der Waals surface area contributed by atoms with E-state index in [4.69, 9.17) is 0 Å². The summed E-state index contributed by atoms with van der Waals surface area (Å²) in [6, 6.07) is 9.39. The van der Waals surface area contributed by atoms with Gasteiger partial charge in [0, 0.05) is 24.2 Å². The van der Waals surface area contributed by atoms with Crippen molar-refractivity contribution in [1.82, 2.24) is 10.0 Å². The summed E-state index contributed by atoms with van der Waals surface area (Å²) < 4.78 is 3.48. The molecule has 2 rings (SSSR count). The highest BCUT2D eigenvalue weighted by Crippen LogP contribution is 2.27. The van der Waals surface area contributed by atoms with Gasteiger partial charge >= 0.3 is 0 Å². The van der Waals surface area contributed by atoms with Crippen molar-refractivity contribution in [3.05, 3.63) is 60.3 Å². The quantitative estimate of drug-likeness (QED) is 0.365. The fourth-order valence-electron chi connectivity index (χ4n) is 1.77. The van der Waals surface area contributed by atoms with Gasteiger partial charge in [-0.1, -0.05) is 43.7 Å². The van der Waals surface area contributed by atoms with E-state index in [-0.39, 0.29) is 0 Å². The molecule has 2 nitrogen and oxygen atoms in total. The lowest BCUT2D eigenvalue weighted by Gasteiger charge is -2.07. The van der Waals surface area contributed by atoms with Gasteiger partial charge in [0.1, 0.15) is 0 Å². The number of benzene rings is 1. The van der Waals surface area contributed by atoms with Crippen LogP contribution in [0.5, 0.6) is 0 Å². The zero-order valence-electron chi connectivity index (χ0n) is 16.1. The predicted molar refractivity (Wildman–Crippen MR) is 112 cm³/mol. The van der Waals surface area contributed by atoms with E-state index in [2.05, 4.69) is 60.8 Å². The van der Waals surface area contributed by atoms with Gasteiger partial charge in [0.05, 0.1) is 0 Å². The third-order valence-electron chi connectivity index (χ3n) is 2.83. The lowest BCUT2D eigenvalue weighted by molar-refractivity contribution is 0.969. The smallest absolute Gasteiger partial charge is 0.0234 e. The first-order valence-electron chi connectivity index (χ1n) is 8.73. The SMILES string of the molecule is C=CC.CC.CN/C=C(\C=C(C)C)c1cccc(SNC2CC2)c1. The van der Waals surface area contributed by atoms with E-state index >= 15 is 0 Å². The average Bonchev–Trinajstić information content (AvgIpc) is 3.39. The molecule has 1 aromatic carbocycles. The van der Waals surface area contributed by atoms with E-state index in [9.17, 15) is 0 Å². The van der Waals surface area contributed by atoms with E-state index in [0.717, 1.165) is 6.04 Å². The first kappa shape index (κ1) is 22.6. The Morgan fingerprint density at radius 2 is 1.88 bits per heavy atom. The minimum atomic E-state index is 0.721. The molecule has 0 heterocycles. The standard InChI is InChI=1S/C16H22N2S.C3H6.C2H6/c1-12(2)9-14(11-17-3)13-5-4-6-16(10-13)19-18-15-7-8-15;1-3-2;1-2/h4-6,9-11,15,17-18H,7-8H2,1-3H3;3H,1H2,2H3;1-2H3/b14-11+;;. The monoisotopic (exact) mass is 346 g/mol. The van der Waals surface area contributed by atoms with Crippen molar-refractivity contribution in [2.45, 2.75) is 58.4 Å². The molecule has 0 amide bonds. The van der Waals surface area contributed by atoms with Gasteiger partial charge in [-0.2, -0.15) is 0 Å². The molecule has 0 aliphatic heterocycles. The van der Waals surface area contributed by atoms with E-state index in [0.29, 0.717) is 0 Å². The van der Waals surface area contributed by atoms with Crippen LogP contribution in [-0.4, -0.2) is 13.1 Å². The maximum absolute atomic E-state index is 3.48. The maximum Gasteiger partial charge on any atom is 0.0234 e. The van der Waals surface area contributed by atoms with Gasteiger partial charge in [0.2, 0.25) is 0 Å². The molecule has 2 N–H and O–H groups in total. The lowest BCUT2D eigenvalue weighted by Crippen LogP contribution is -2.04. The number of rotatable bonds is 6. The van der Waals surface area contributed by atoms with E-state index < -0.39 is 0 Å². The topological polar surface area (TPSA) is 24.1 Å². The van der Waals surface area contributed by atoms with E-state index in [1.165, 1.54) is 34.4 Å². The number of hydrogen-bond donors (Lipinski definition) is 2. The minimum Gasteiger partial charge on any atom is -0.393 e. The number of nitrogens with one attached hydrogen (secondary N) is 2. The van der Waals surface area contributed by atoms with Crippen molar-refractivity contribution in [1.29, 1.82) is 0 Å². The second-order valence-electron chi connectivity index (χ2n) is 5.54. The Bertz CT molecular complexity index is 524. The molecule has 0 unspecified atom stereocenters. The maximum atomic E-state index is 3.48. The molecular weight excluding hydrogens is 312 g/mol. The molecule has 1 fully saturated rings. The number of hydrogen-bond acceptors (Lipinski definition) is 3. The van der Waals surface area contributed by atoms with Gasteiger partial charge in [-0.05, 0) is 68.8 Å². The Balaban J connectivity index is 0.000000952. The molecule has 1 aliphatic rings. The highest BCUT2D eigenvalue weighted by atomic mass is 32.2. The molecule has 1 aliphatic carbocycles. The normalized spacial score (nSPS) is 12.8. The lowest BCUT2D eigenvalue weighted by atomic mass is 10.0. The van der Waals surface area contributed by atoms with Crippen LogP contribution in [0.2, 0.25) is 0 Å². The van der Waals surface area contributed by atoms with E-state index in [1.807, 2.05) is 34.0 Å². The van der Waals surface area contributed by atoms with Crippen LogP contribution in [0, 0.1) is 0 Å². The molecule has 1 saturated carbocycles. The van der Waals surface area contributed by atoms with Gasteiger partial charge in [-0.15, -0.1) is 6.58 Å². The highest BCUT2D eigenvalue weighted by Gasteiger charge is 2.20. The summed E-state index contributed by atoms with van der Waals surface area (Å²) in [5.41, 5.74) is 3.77. The molecule has 0 atom stereocenters. The summed E-state index contributed by atoms with van der Waals surface area (Å²) in [5.74, 6) is 0. The third kappa shape index (κ3) is 10.3. The van der Waals surface area contributed by atoms with Crippen molar-refractivity contribution in [3.8, 4) is 0 Å². The molecular formula is C21H34N2S. The summed E-state index contributed by atoms with van der Waals surface area (Å²) in [4.78, 5) is 1.27. The van der Waals surface area contributed by atoms with Crippen molar-refractivity contribution in [2.75, 3.05) is 7.05 Å². The summed E-state index contributed by atoms with van der Waals surface area (Å²) in [6.45, 7) is 13.5. The van der Waals surface area contributed by atoms with Crippen LogP contribution >= 0.6 is 11.9 Å². The Hall–Kier alpha value is -1.45. The van der Waals surface area contributed by atoms with Crippen LogP contribution in [0.25, 0.3) is 5.57 Å². The summed E-state index contributed by atoms with van der Waals surface area (Å²) >= 11 is 1.74. The average molecular weight is 347 g/mol. The molecule has 3 heteroatoms. The van der Waals surface area contributed by atoms with Crippen molar-refractivity contribution in [2.24, 2.45) is 0 Å². The molecule has 0 bridgehead atoms. The minimum absolute atomic E-state index is 0.721. The summed E-state index contributed by atoms with van der Waals surface area (Å²) in [7, 11) is 1.94. The predicted octanol–water partition coefficient (Wildman–Crippen LogP) is 6.19. The molecule has 0 aromatic heterocycles. The first-order chi connectivity index (χ1) is 11.6. The van der Waals surface area contributed by atoms with Gasteiger partial charge in [0.15, 0.2) is 0 Å². The van der Waals surface area contributed by atoms with Crippen molar-refractivity contribution in [3.63, 3.8) is 0 Å². The third-order valence-corrected chi connectivity index (χ3v) is 3.77. The Kier molecular flexibility index (Phi) is 13.1. The molecule has 0 spiro atoms. The molecule has 24 heavy (non-hydrogen) atoms. The first-order valence-corrected chi connectivity index (χ1v) is 9.54. The molecule has 0 radical (unpaired) electrons. The fraction of sp³-hybridized carbons (Fsp3) is 0.429. The van der Waals surface area contributed by atoms with Crippen molar-refractivity contribution < 1.29 is 0 Å². The summed E-state index contributed by atoms with van der Waals surface area (Å²) in [6.07, 6.45) is 8.63. The zero-order valence-corrected chi connectivity index (χ0v) is 17.0. The van der Waals surface area contributed by atoms with Crippen LogP contribution < -0.4 is 10.0 Å². The second kappa shape index (κ2) is 13.9. The Morgan fingerprint density at radius 3 is 2.38 bits per heavy atom. The highest BCUT2D eigenvalue weighted by molar-refractivity contribution is 7.97. The van der Waals surface area contributed by atoms with Gasteiger partial charge < -0.3 is 5.32 Å². The fourth-order valence-corrected chi connectivity index (χ4v) is 2.64. The number of allylic oxidation sites excluding steroid dienone is 4. The van der Waals surface area contributed by atoms with Crippen LogP contribution in [-0.2, 0) is 0 Å². The second-order valence-corrected chi connectivity index (χ2v) is 6.45. The Morgan fingerprint density at radius 1 is 1.25 bits per heavy atom. The molecule has 1 aromatic rings. The zero-order chi connectivity index (χ0) is 18.4. The largest absolute Gasteiger partial charge is 0.393 e. The van der Waals surface area contributed by atoms with Crippen LogP contribution in [0.3, 0.4) is 0 Å². The van der Waals surface area contributed by atoms with Crippen LogP contribution in [0.4, 0.5) is 0 Å². The van der Waals surface area contributed by atoms with Crippen LogP contribution in [0.15, 0.2) is 59.7 Å². The summed E-state index contributed by atoms with van der Waals surface area (Å²) in [5, 5.41) is 3.12. The van der Waals surface area contributed by atoms with Gasteiger partial charge in [-0.25, -0.2) is 0 Å². The van der Waals surface area contributed by atoms with Gasteiger partial charge in [0.25, 0.3) is 0 Å². The Labute approximate surface area is 153 Å². The van der Waals surface area contributed by atoms with Gasteiger partial charge in [-0.3, -0.25) is 4.72 Å². The van der Waals surface area contributed by atoms with E-state index in [1.54, 1.807) is 18.0 Å². The molecule has 134 valence electrons. The molecule has 0 saturated heterocycles. The van der Waals surface area contributed by atoms with Crippen LogP contribution in [0.1, 0.15) is 53.0 Å². The van der Waals surface area contributed by atoms with Crippen molar-refractivity contribution >= 4 is 17.5 Å².